The van der Waals surface area contributed by atoms with E-state index in [0.29, 0.717) is 58.9 Å². The summed E-state index contributed by atoms with van der Waals surface area (Å²) in [5.74, 6) is 2.35. The SMILES string of the molecule is CCN(CC)C(=O)C1CCCc2c1c1c(OC)cccc1n2CCF.CCN(CC)C(=O)[C@@H]1CCCc2c1c1c(OC)cccc1n2CCF.CCN(CC)C(=O)[C@H]1CCCc2c1c1c(OC)cccc1n2CCF. The monoisotopic (exact) mass is 1040 g/mol. The van der Waals surface area contributed by atoms with Crippen LogP contribution in [0, 0.1) is 0 Å². The summed E-state index contributed by atoms with van der Waals surface area (Å²) in [6.45, 7) is 16.1. The van der Waals surface area contributed by atoms with Crippen molar-refractivity contribution in [1.82, 2.24) is 28.4 Å². The fraction of sp³-hybridized carbons (Fsp3) is 0.550. The molecule has 3 atom stereocenters. The van der Waals surface area contributed by atoms with Crippen LogP contribution in [-0.4, -0.2) is 127 Å². The highest BCUT2D eigenvalue weighted by Gasteiger charge is 2.38. The number of aromatic nitrogens is 3. The molecule has 0 N–H and O–H groups in total. The molecule has 0 saturated heterocycles. The summed E-state index contributed by atoms with van der Waals surface area (Å²) in [6.07, 6.45) is 8.04. The predicted octanol–water partition coefficient (Wildman–Crippen LogP) is 11.7. The average molecular weight is 1040 g/mol. The van der Waals surface area contributed by atoms with Crippen LogP contribution in [0.4, 0.5) is 13.2 Å². The lowest BCUT2D eigenvalue weighted by atomic mass is 9.84. The largest absolute Gasteiger partial charge is 0.496 e. The van der Waals surface area contributed by atoms with Gasteiger partial charge in [0.1, 0.15) is 37.3 Å². The van der Waals surface area contributed by atoms with Gasteiger partial charge < -0.3 is 42.6 Å². The third-order valence-corrected chi connectivity index (χ3v) is 16.1. The van der Waals surface area contributed by atoms with Gasteiger partial charge >= 0.3 is 0 Å². The van der Waals surface area contributed by atoms with Gasteiger partial charge in [-0.25, -0.2) is 13.2 Å². The van der Waals surface area contributed by atoms with Gasteiger partial charge in [0.05, 0.1) is 75.3 Å². The summed E-state index contributed by atoms with van der Waals surface area (Å²) in [6, 6.07) is 17.6. The number of hydrogen-bond acceptors (Lipinski definition) is 6. The molecular weight excluding hydrogens is 958 g/mol. The minimum atomic E-state index is -0.415. The summed E-state index contributed by atoms with van der Waals surface area (Å²) in [4.78, 5) is 45.1. The minimum Gasteiger partial charge on any atom is -0.496 e. The molecule has 9 rings (SSSR count). The number of ether oxygens (including phenoxy) is 3. The second-order valence-corrected chi connectivity index (χ2v) is 19.5. The molecule has 0 fully saturated rings. The zero-order valence-electron chi connectivity index (χ0n) is 46.0. The van der Waals surface area contributed by atoms with Crippen LogP contribution in [0.1, 0.15) is 132 Å². The second kappa shape index (κ2) is 26.1. The van der Waals surface area contributed by atoms with E-state index in [9.17, 15) is 27.6 Å². The van der Waals surface area contributed by atoms with Gasteiger partial charge in [0.25, 0.3) is 0 Å². The Kier molecular flexibility index (Phi) is 19.7. The highest BCUT2D eigenvalue weighted by molar-refractivity contribution is 6.00. The number of rotatable bonds is 18. The number of carbonyl (C=O) groups excluding carboxylic acids is 3. The number of likely N-dealkylation sites (N-methyl/N-ethyl adjacent to an activating group) is 3. The molecule has 0 aliphatic heterocycles. The van der Waals surface area contributed by atoms with E-state index in [1.807, 2.05) is 111 Å². The molecule has 75 heavy (non-hydrogen) atoms. The van der Waals surface area contributed by atoms with Crippen molar-refractivity contribution in [2.75, 3.05) is 80.6 Å². The van der Waals surface area contributed by atoms with Gasteiger partial charge in [-0.05, 0) is 152 Å². The zero-order chi connectivity index (χ0) is 53.9. The van der Waals surface area contributed by atoms with Crippen LogP contribution in [0.25, 0.3) is 32.7 Å². The van der Waals surface area contributed by atoms with E-state index in [1.54, 1.807) is 21.3 Å². The molecule has 3 heterocycles. The molecule has 0 radical (unpaired) electrons. The predicted molar refractivity (Wildman–Crippen MR) is 294 cm³/mol. The molecule has 3 amide bonds. The summed E-state index contributed by atoms with van der Waals surface area (Å²) in [5.41, 5.74) is 9.41. The van der Waals surface area contributed by atoms with Crippen molar-refractivity contribution in [2.45, 2.75) is 137 Å². The fourth-order valence-electron chi connectivity index (χ4n) is 12.7. The Bertz CT molecular complexity index is 2600. The van der Waals surface area contributed by atoms with Crippen molar-refractivity contribution in [3.63, 3.8) is 0 Å². The number of benzene rings is 3. The van der Waals surface area contributed by atoms with Crippen molar-refractivity contribution in [1.29, 1.82) is 0 Å². The molecule has 12 nitrogen and oxygen atoms in total. The van der Waals surface area contributed by atoms with Gasteiger partial charge in [-0.3, -0.25) is 14.4 Å². The third kappa shape index (κ3) is 10.8. The lowest BCUT2D eigenvalue weighted by Gasteiger charge is -2.29. The van der Waals surface area contributed by atoms with E-state index in [4.69, 9.17) is 14.2 Å². The van der Waals surface area contributed by atoms with E-state index in [2.05, 4.69) is 13.7 Å². The Hall–Kier alpha value is -6.12. The number of alkyl halides is 3. The zero-order valence-corrected chi connectivity index (χ0v) is 46.0. The first-order chi connectivity index (χ1) is 36.5. The van der Waals surface area contributed by atoms with Gasteiger partial charge in [0.2, 0.25) is 17.7 Å². The summed E-state index contributed by atoms with van der Waals surface area (Å²) in [7, 11) is 4.95. The maximum atomic E-state index is 13.2. The quantitative estimate of drug-likeness (QED) is 0.0849. The lowest BCUT2D eigenvalue weighted by Crippen LogP contribution is -2.36. The molecule has 0 bridgehead atoms. The maximum Gasteiger partial charge on any atom is 0.230 e. The first-order valence-corrected chi connectivity index (χ1v) is 27.6. The number of amides is 3. The fourth-order valence-corrected chi connectivity index (χ4v) is 12.7. The van der Waals surface area contributed by atoms with Crippen LogP contribution in [0.3, 0.4) is 0 Å². The summed E-state index contributed by atoms with van der Waals surface area (Å²) < 4.78 is 62.5. The smallest absolute Gasteiger partial charge is 0.230 e. The molecule has 3 aromatic carbocycles. The molecule has 3 aliphatic rings. The Morgan fingerprint density at radius 1 is 0.453 bits per heavy atom. The van der Waals surface area contributed by atoms with Gasteiger partial charge in [0.15, 0.2) is 0 Å². The van der Waals surface area contributed by atoms with Gasteiger partial charge in [-0.15, -0.1) is 0 Å². The second-order valence-electron chi connectivity index (χ2n) is 19.5. The Morgan fingerprint density at radius 2 is 0.707 bits per heavy atom. The van der Waals surface area contributed by atoms with E-state index in [0.717, 1.165) is 142 Å². The van der Waals surface area contributed by atoms with Crippen molar-refractivity contribution >= 4 is 50.4 Å². The Balaban J connectivity index is 0.000000164. The number of carbonyl (C=O) groups is 3. The van der Waals surface area contributed by atoms with E-state index in [1.165, 1.54) is 0 Å². The topological polar surface area (TPSA) is 103 Å². The molecule has 15 heteroatoms. The molecular formula is C60H81F3N6O6. The van der Waals surface area contributed by atoms with Crippen molar-refractivity contribution in [3.8, 4) is 17.2 Å². The van der Waals surface area contributed by atoms with E-state index < -0.39 is 20.0 Å². The summed E-state index contributed by atoms with van der Waals surface area (Å²) >= 11 is 0. The van der Waals surface area contributed by atoms with Crippen LogP contribution in [0.5, 0.6) is 17.2 Å². The highest BCUT2D eigenvalue weighted by Crippen LogP contribution is 2.47. The first-order valence-electron chi connectivity index (χ1n) is 27.6. The van der Waals surface area contributed by atoms with Crippen molar-refractivity contribution in [2.24, 2.45) is 0 Å². The number of methoxy groups -OCH3 is 3. The van der Waals surface area contributed by atoms with Crippen molar-refractivity contribution in [3.05, 3.63) is 88.4 Å². The number of halogens is 3. The van der Waals surface area contributed by atoms with Crippen LogP contribution in [0.2, 0.25) is 0 Å². The Labute approximate surface area is 442 Å². The third-order valence-electron chi connectivity index (χ3n) is 16.1. The minimum absolute atomic E-state index is 0.164. The average Bonchev–Trinajstić information content (AvgIpc) is 4.08. The van der Waals surface area contributed by atoms with E-state index >= 15 is 0 Å². The Morgan fingerprint density at radius 3 is 0.920 bits per heavy atom. The molecule has 6 aromatic rings. The van der Waals surface area contributed by atoms with Crippen LogP contribution in [-0.2, 0) is 53.3 Å². The summed E-state index contributed by atoms with van der Waals surface area (Å²) in [5, 5.41) is 2.95. The van der Waals surface area contributed by atoms with Gasteiger partial charge in [-0.2, -0.15) is 0 Å². The maximum absolute atomic E-state index is 13.2. The van der Waals surface area contributed by atoms with Crippen LogP contribution >= 0.6 is 0 Å². The number of fused-ring (bicyclic) bond motifs is 9. The number of aryl methyl sites for hydroxylation is 3. The van der Waals surface area contributed by atoms with Gasteiger partial charge in [0, 0.05) is 72.5 Å². The molecule has 408 valence electrons. The molecule has 0 saturated carbocycles. The van der Waals surface area contributed by atoms with Crippen LogP contribution in [0.15, 0.2) is 54.6 Å². The van der Waals surface area contributed by atoms with E-state index in [-0.39, 0.29) is 35.5 Å². The molecule has 1 unspecified atom stereocenters. The standard InChI is InChI=1S/3C20H27FN2O2/c3*1-4-22(5-2)20(24)14-8-6-9-15-18(14)19-16(23(15)13-12-21)10-7-11-17(19)25-3/h3*7,10-11,14H,4-6,8-9,12-13H2,1-3H3/t2*14-;/m10./s1. The molecule has 0 spiro atoms. The normalized spacial score (nSPS) is 16.7. The van der Waals surface area contributed by atoms with Crippen LogP contribution < -0.4 is 14.2 Å². The number of nitrogens with zero attached hydrogens (tertiary/aromatic N) is 6. The van der Waals surface area contributed by atoms with Crippen molar-refractivity contribution < 1.29 is 41.8 Å². The lowest BCUT2D eigenvalue weighted by molar-refractivity contribution is -0.133. The molecule has 3 aliphatic carbocycles. The molecule has 3 aromatic heterocycles. The highest BCUT2D eigenvalue weighted by atomic mass is 19.1. The number of hydrogen-bond donors (Lipinski definition) is 0. The first kappa shape index (κ1) is 56.6. The van der Waals surface area contributed by atoms with Gasteiger partial charge in [-0.1, -0.05) is 18.2 Å².